The maximum atomic E-state index is 5.93. The quantitative estimate of drug-likeness (QED) is 0.836. The average molecular weight is 258 g/mol. The Morgan fingerprint density at radius 1 is 1.05 bits per heavy atom. The molecule has 1 aromatic carbocycles. The normalized spacial score (nSPS) is 23.3. The van der Waals surface area contributed by atoms with E-state index in [2.05, 4.69) is 16.5 Å². The van der Waals surface area contributed by atoms with E-state index >= 15 is 0 Å². The highest BCUT2D eigenvalue weighted by Crippen LogP contribution is 2.27. The number of likely N-dealkylation sites (tertiary alicyclic amines) is 1. The topological polar surface area (TPSA) is 24.5 Å². The molecule has 1 unspecified atom stereocenters. The van der Waals surface area contributed by atoms with Gasteiger partial charge in [-0.25, -0.2) is 0 Å². The smallest absolute Gasteiger partial charge is 0.125 e. The van der Waals surface area contributed by atoms with Gasteiger partial charge in [0.25, 0.3) is 0 Å². The number of benzene rings is 1. The third-order valence-corrected chi connectivity index (χ3v) is 3.92. The van der Waals surface area contributed by atoms with E-state index < -0.39 is 0 Å². The minimum atomic E-state index is 0.201. The van der Waals surface area contributed by atoms with Crippen LogP contribution in [0.3, 0.4) is 0 Å². The van der Waals surface area contributed by atoms with Gasteiger partial charge < -0.3 is 4.90 Å². The average Bonchev–Trinajstić information content (AvgIpc) is 3.01. The van der Waals surface area contributed by atoms with Crippen LogP contribution in [0.5, 0.6) is 0 Å². The Hall–Kier alpha value is -1.48. The molecule has 0 amide bonds. The molecule has 2 aliphatic rings. The summed E-state index contributed by atoms with van der Waals surface area (Å²) in [5.74, 6) is 0. The summed E-state index contributed by atoms with van der Waals surface area (Å²) in [6.07, 6.45) is 8.72. The van der Waals surface area contributed by atoms with Crippen LogP contribution in [0.25, 0.3) is 0 Å². The van der Waals surface area contributed by atoms with E-state index in [0.29, 0.717) is 0 Å². The van der Waals surface area contributed by atoms with Crippen molar-refractivity contribution in [3.05, 3.63) is 42.1 Å². The van der Waals surface area contributed by atoms with Crippen molar-refractivity contribution in [2.24, 2.45) is 0 Å². The number of hydrogen-bond donors (Lipinski definition) is 1. The zero-order valence-corrected chi connectivity index (χ0v) is 11.3. The fourth-order valence-electron chi connectivity index (χ4n) is 2.91. The first-order chi connectivity index (χ1) is 9.43. The van der Waals surface area contributed by atoms with E-state index in [4.69, 9.17) is 4.84 Å². The van der Waals surface area contributed by atoms with Crippen LogP contribution in [-0.4, -0.2) is 24.1 Å². The van der Waals surface area contributed by atoms with Crippen LogP contribution < -0.4 is 5.48 Å². The maximum absolute atomic E-state index is 5.93. The third kappa shape index (κ3) is 3.10. The SMILES string of the molecule is C1=C(N2CCCC2)C(ONc2ccccc2)CCC1. The monoisotopic (exact) mass is 258 g/mol. The molecule has 102 valence electrons. The fourth-order valence-corrected chi connectivity index (χ4v) is 2.91. The zero-order valence-electron chi connectivity index (χ0n) is 11.3. The van der Waals surface area contributed by atoms with E-state index in [-0.39, 0.29) is 6.10 Å². The van der Waals surface area contributed by atoms with Crippen molar-refractivity contribution in [1.82, 2.24) is 4.90 Å². The van der Waals surface area contributed by atoms with Crippen molar-refractivity contribution >= 4 is 5.69 Å². The van der Waals surface area contributed by atoms with Gasteiger partial charge in [-0.1, -0.05) is 24.3 Å². The molecule has 0 saturated carbocycles. The maximum Gasteiger partial charge on any atom is 0.125 e. The molecule has 0 spiro atoms. The second kappa shape index (κ2) is 6.11. The Balaban J connectivity index is 1.62. The van der Waals surface area contributed by atoms with E-state index in [1.807, 2.05) is 30.3 Å². The summed E-state index contributed by atoms with van der Waals surface area (Å²) in [5.41, 5.74) is 5.52. The van der Waals surface area contributed by atoms with Gasteiger partial charge in [-0.05, 0) is 44.2 Å². The summed E-state index contributed by atoms with van der Waals surface area (Å²) >= 11 is 0. The predicted molar refractivity (Wildman–Crippen MR) is 77.7 cm³/mol. The Kier molecular flexibility index (Phi) is 4.04. The Labute approximate surface area is 115 Å². The highest BCUT2D eigenvalue weighted by molar-refractivity contribution is 5.40. The molecule has 0 radical (unpaired) electrons. The highest BCUT2D eigenvalue weighted by atomic mass is 16.7. The summed E-state index contributed by atoms with van der Waals surface area (Å²) in [5, 5.41) is 0. The lowest BCUT2D eigenvalue weighted by Crippen LogP contribution is -2.32. The highest BCUT2D eigenvalue weighted by Gasteiger charge is 2.25. The summed E-state index contributed by atoms with van der Waals surface area (Å²) in [7, 11) is 0. The number of para-hydroxylation sites is 1. The summed E-state index contributed by atoms with van der Waals surface area (Å²) in [4.78, 5) is 8.43. The van der Waals surface area contributed by atoms with Gasteiger partial charge in [0, 0.05) is 18.8 Å². The second-order valence-corrected chi connectivity index (χ2v) is 5.33. The van der Waals surface area contributed by atoms with Crippen molar-refractivity contribution in [3.63, 3.8) is 0 Å². The lowest BCUT2D eigenvalue weighted by Gasteiger charge is -2.31. The van der Waals surface area contributed by atoms with Gasteiger partial charge >= 0.3 is 0 Å². The third-order valence-electron chi connectivity index (χ3n) is 3.92. The molecular formula is C16H22N2O. The number of nitrogens with one attached hydrogen (secondary N) is 1. The van der Waals surface area contributed by atoms with Gasteiger partial charge in [0.1, 0.15) is 6.10 Å². The van der Waals surface area contributed by atoms with Gasteiger partial charge in [-0.3, -0.25) is 10.3 Å². The molecule has 19 heavy (non-hydrogen) atoms. The van der Waals surface area contributed by atoms with Crippen LogP contribution in [-0.2, 0) is 4.84 Å². The Bertz CT molecular complexity index is 424. The molecule has 3 heteroatoms. The number of rotatable bonds is 4. The number of anilines is 1. The zero-order chi connectivity index (χ0) is 12.9. The number of allylic oxidation sites excluding steroid dienone is 1. The molecule has 1 aromatic rings. The fraction of sp³-hybridized carbons (Fsp3) is 0.500. The first-order valence-corrected chi connectivity index (χ1v) is 7.35. The summed E-state index contributed by atoms with van der Waals surface area (Å²) < 4.78 is 0. The molecule has 1 saturated heterocycles. The molecule has 3 nitrogen and oxygen atoms in total. The number of nitrogens with zero attached hydrogens (tertiary/aromatic N) is 1. The molecule has 1 atom stereocenters. The minimum absolute atomic E-state index is 0.201. The van der Waals surface area contributed by atoms with E-state index in [0.717, 1.165) is 12.1 Å². The van der Waals surface area contributed by atoms with Crippen molar-refractivity contribution in [1.29, 1.82) is 0 Å². The second-order valence-electron chi connectivity index (χ2n) is 5.33. The van der Waals surface area contributed by atoms with E-state index in [9.17, 15) is 0 Å². The van der Waals surface area contributed by atoms with E-state index in [1.54, 1.807) is 0 Å². The molecular weight excluding hydrogens is 236 g/mol. The van der Waals surface area contributed by atoms with Crippen LogP contribution in [0.15, 0.2) is 42.1 Å². The Morgan fingerprint density at radius 2 is 1.84 bits per heavy atom. The first-order valence-electron chi connectivity index (χ1n) is 7.35. The van der Waals surface area contributed by atoms with Gasteiger partial charge in [0.05, 0.1) is 5.69 Å². The van der Waals surface area contributed by atoms with Gasteiger partial charge in [0.2, 0.25) is 0 Å². The molecule has 1 N–H and O–H groups in total. The molecule has 1 fully saturated rings. The summed E-state index contributed by atoms with van der Waals surface area (Å²) in [6.45, 7) is 2.38. The first kappa shape index (κ1) is 12.5. The van der Waals surface area contributed by atoms with Crippen LogP contribution in [0.2, 0.25) is 0 Å². The Morgan fingerprint density at radius 3 is 2.63 bits per heavy atom. The lowest BCUT2D eigenvalue weighted by molar-refractivity contribution is 0.0900. The molecule has 1 heterocycles. The van der Waals surface area contributed by atoms with Crippen LogP contribution in [0.4, 0.5) is 5.69 Å². The lowest BCUT2D eigenvalue weighted by atomic mass is 10.0. The summed E-state index contributed by atoms with van der Waals surface area (Å²) in [6, 6.07) is 10.1. The molecule has 1 aliphatic heterocycles. The molecule has 1 aliphatic carbocycles. The minimum Gasteiger partial charge on any atom is -0.373 e. The van der Waals surface area contributed by atoms with Crippen LogP contribution in [0, 0.1) is 0 Å². The van der Waals surface area contributed by atoms with Crippen molar-refractivity contribution in [2.45, 2.75) is 38.2 Å². The van der Waals surface area contributed by atoms with Crippen LogP contribution >= 0.6 is 0 Å². The van der Waals surface area contributed by atoms with Crippen molar-refractivity contribution in [3.8, 4) is 0 Å². The molecule has 0 aromatic heterocycles. The predicted octanol–water partition coefficient (Wildman–Crippen LogP) is 3.56. The van der Waals surface area contributed by atoms with Crippen LogP contribution in [0.1, 0.15) is 32.1 Å². The molecule has 0 bridgehead atoms. The van der Waals surface area contributed by atoms with Crippen molar-refractivity contribution < 1.29 is 4.84 Å². The standard InChI is InChI=1S/C16H22N2O/c1-2-8-14(9-3-1)17-19-16-11-5-4-10-15(16)18-12-6-7-13-18/h1-3,8-10,16-17H,4-7,11-13H2. The number of hydrogen-bond acceptors (Lipinski definition) is 3. The van der Waals surface area contributed by atoms with Gasteiger partial charge in [0.15, 0.2) is 0 Å². The molecule has 3 rings (SSSR count). The van der Waals surface area contributed by atoms with Gasteiger partial charge in [-0.2, -0.15) is 0 Å². The largest absolute Gasteiger partial charge is 0.373 e. The van der Waals surface area contributed by atoms with Gasteiger partial charge in [-0.15, -0.1) is 0 Å². The van der Waals surface area contributed by atoms with Crippen molar-refractivity contribution in [2.75, 3.05) is 18.6 Å². The van der Waals surface area contributed by atoms with E-state index in [1.165, 1.54) is 44.5 Å².